The zero-order chi connectivity index (χ0) is 17.0. The van der Waals surface area contributed by atoms with Crippen molar-refractivity contribution in [3.8, 4) is 0 Å². The van der Waals surface area contributed by atoms with Gasteiger partial charge in [-0.2, -0.15) is 0 Å². The topological polar surface area (TPSA) is 95.8 Å². The Morgan fingerprint density at radius 2 is 1.91 bits per heavy atom. The zero-order valence-corrected chi connectivity index (χ0v) is 13.2. The van der Waals surface area contributed by atoms with Crippen molar-refractivity contribution in [1.82, 2.24) is 9.80 Å². The summed E-state index contributed by atoms with van der Waals surface area (Å²) in [5.74, 6) is -0.261. The Morgan fingerprint density at radius 1 is 1.26 bits per heavy atom. The molecule has 2 amide bonds. The van der Waals surface area contributed by atoms with Gasteiger partial charge in [0, 0.05) is 39.2 Å². The zero-order valence-electron chi connectivity index (χ0n) is 13.2. The van der Waals surface area contributed by atoms with Gasteiger partial charge in [0.05, 0.1) is 11.5 Å². The Morgan fingerprint density at radius 3 is 2.48 bits per heavy atom. The number of nitro benzene ring substituents is 1. The van der Waals surface area contributed by atoms with Crippen LogP contribution in [0.2, 0.25) is 0 Å². The van der Waals surface area contributed by atoms with E-state index < -0.39 is 4.92 Å². The molecule has 1 saturated heterocycles. The summed E-state index contributed by atoms with van der Waals surface area (Å²) in [7, 11) is 0. The minimum Gasteiger partial charge on any atom is -0.340 e. The number of amides is 2. The van der Waals surface area contributed by atoms with E-state index in [0.29, 0.717) is 31.7 Å². The van der Waals surface area contributed by atoms with E-state index in [2.05, 4.69) is 5.32 Å². The maximum Gasteiger partial charge on any atom is 0.293 e. The number of nitrogens with one attached hydrogen (secondary N) is 1. The molecule has 0 bridgehead atoms. The monoisotopic (exact) mass is 320 g/mol. The van der Waals surface area contributed by atoms with Gasteiger partial charge in [-0.1, -0.05) is 12.1 Å². The highest BCUT2D eigenvalue weighted by molar-refractivity contribution is 5.95. The Kier molecular flexibility index (Phi) is 5.28. The van der Waals surface area contributed by atoms with Crippen molar-refractivity contribution in [2.45, 2.75) is 13.8 Å². The average molecular weight is 320 g/mol. The van der Waals surface area contributed by atoms with Crippen LogP contribution in [0.1, 0.15) is 12.5 Å². The van der Waals surface area contributed by atoms with Crippen molar-refractivity contribution in [2.75, 3.05) is 38.0 Å². The molecule has 8 heteroatoms. The van der Waals surface area contributed by atoms with E-state index in [9.17, 15) is 19.7 Å². The highest BCUT2D eigenvalue weighted by Crippen LogP contribution is 2.27. The van der Waals surface area contributed by atoms with Crippen molar-refractivity contribution in [2.24, 2.45) is 0 Å². The summed E-state index contributed by atoms with van der Waals surface area (Å²) in [6.07, 6.45) is 0. The predicted octanol–water partition coefficient (Wildman–Crippen LogP) is 1.01. The largest absolute Gasteiger partial charge is 0.340 e. The molecule has 1 aromatic carbocycles. The second-order valence-electron chi connectivity index (χ2n) is 5.56. The molecule has 1 fully saturated rings. The molecule has 0 atom stereocenters. The predicted molar refractivity (Wildman–Crippen MR) is 85.2 cm³/mol. The SMILES string of the molecule is CC(=O)N1CCN(CC(=O)Nc2c(C)cccc2[N+](=O)[O-])CC1. The lowest BCUT2D eigenvalue weighted by atomic mass is 10.1. The highest BCUT2D eigenvalue weighted by Gasteiger charge is 2.22. The first-order valence-corrected chi connectivity index (χ1v) is 7.40. The van der Waals surface area contributed by atoms with Crippen LogP contribution in [0.4, 0.5) is 11.4 Å². The Hall–Kier alpha value is -2.48. The third kappa shape index (κ3) is 4.26. The number of para-hydroxylation sites is 1. The number of hydrogen-bond donors (Lipinski definition) is 1. The average Bonchev–Trinajstić information content (AvgIpc) is 2.49. The second kappa shape index (κ2) is 7.19. The van der Waals surface area contributed by atoms with Gasteiger partial charge < -0.3 is 10.2 Å². The van der Waals surface area contributed by atoms with Gasteiger partial charge >= 0.3 is 0 Å². The molecule has 1 N–H and O–H groups in total. The van der Waals surface area contributed by atoms with Crippen molar-refractivity contribution in [3.63, 3.8) is 0 Å². The molecule has 1 heterocycles. The molecule has 0 aliphatic carbocycles. The number of benzene rings is 1. The summed E-state index contributed by atoms with van der Waals surface area (Å²) < 4.78 is 0. The van der Waals surface area contributed by atoms with Gasteiger partial charge in [-0.05, 0) is 12.5 Å². The minimum absolute atomic E-state index is 0.0321. The fraction of sp³-hybridized carbons (Fsp3) is 0.467. The van der Waals surface area contributed by atoms with Crippen molar-refractivity contribution >= 4 is 23.2 Å². The maximum atomic E-state index is 12.2. The number of carbonyl (C=O) groups excluding carboxylic acids is 2. The Balaban J connectivity index is 1.96. The van der Waals surface area contributed by atoms with E-state index in [1.54, 1.807) is 24.0 Å². The molecule has 0 radical (unpaired) electrons. The number of nitro groups is 1. The van der Waals surface area contributed by atoms with Crippen LogP contribution in [0, 0.1) is 17.0 Å². The molecule has 0 saturated carbocycles. The number of nitrogens with zero attached hydrogens (tertiary/aromatic N) is 3. The Labute approximate surface area is 134 Å². The molecule has 124 valence electrons. The summed E-state index contributed by atoms with van der Waals surface area (Å²) in [5, 5.41) is 13.7. The maximum absolute atomic E-state index is 12.2. The first-order valence-electron chi connectivity index (χ1n) is 7.40. The van der Waals surface area contributed by atoms with Crippen LogP contribution < -0.4 is 5.32 Å². The first-order chi connectivity index (χ1) is 10.9. The van der Waals surface area contributed by atoms with Crippen LogP contribution in [-0.2, 0) is 9.59 Å². The molecule has 8 nitrogen and oxygen atoms in total. The lowest BCUT2D eigenvalue weighted by Crippen LogP contribution is -2.49. The lowest BCUT2D eigenvalue weighted by molar-refractivity contribution is -0.384. The van der Waals surface area contributed by atoms with E-state index in [-0.39, 0.29) is 29.7 Å². The van der Waals surface area contributed by atoms with Gasteiger partial charge in [-0.3, -0.25) is 24.6 Å². The number of hydrogen-bond acceptors (Lipinski definition) is 5. The molecule has 1 aliphatic rings. The molecular weight excluding hydrogens is 300 g/mol. The number of rotatable bonds is 4. The van der Waals surface area contributed by atoms with Gasteiger partial charge in [0.25, 0.3) is 5.69 Å². The second-order valence-corrected chi connectivity index (χ2v) is 5.56. The van der Waals surface area contributed by atoms with Crippen LogP contribution in [0.15, 0.2) is 18.2 Å². The van der Waals surface area contributed by atoms with Gasteiger partial charge in [0.1, 0.15) is 5.69 Å². The summed E-state index contributed by atoms with van der Waals surface area (Å²) in [4.78, 5) is 37.7. The van der Waals surface area contributed by atoms with Crippen LogP contribution in [-0.4, -0.2) is 59.3 Å². The van der Waals surface area contributed by atoms with E-state index in [1.165, 1.54) is 13.0 Å². The summed E-state index contributed by atoms with van der Waals surface area (Å²) in [6.45, 7) is 5.80. The smallest absolute Gasteiger partial charge is 0.293 e. The number of piperazine rings is 1. The van der Waals surface area contributed by atoms with E-state index in [1.807, 2.05) is 4.90 Å². The standard InChI is InChI=1S/C15H20N4O4/c1-11-4-3-5-13(19(22)23)15(11)16-14(21)10-17-6-8-18(9-7-17)12(2)20/h3-5H,6-10H2,1-2H3,(H,16,21). The number of carbonyl (C=O) groups is 2. The summed E-state index contributed by atoms with van der Waals surface area (Å²) >= 11 is 0. The van der Waals surface area contributed by atoms with Crippen molar-refractivity contribution < 1.29 is 14.5 Å². The van der Waals surface area contributed by atoms with Gasteiger partial charge in [-0.25, -0.2) is 0 Å². The fourth-order valence-electron chi connectivity index (χ4n) is 2.57. The minimum atomic E-state index is -0.506. The van der Waals surface area contributed by atoms with Gasteiger partial charge in [0.15, 0.2) is 0 Å². The highest BCUT2D eigenvalue weighted by atomic mass is 16.6. The van der Waals surface area contributed by atoms with E-state index in [0.717, 1.165) is 0 Å². The molecule has 0 unspecified atom stereocenters. The lowest BCUT2D eigenvalue weighted by Gasteiger charge is -2.33. The van der Waals surface area contributed by atoms with Crippen LogP contribution in [0.3, 0.4) is 0 Å². The fourth-order valence-corrected chi connectivity index (χ4v) is 2.57. The van der Waals surface area contributed by atoms with Crippen molar-refractivity contribution in [1.29, 1.82) is 0 Å². The molecule has 1 aliphatic heterocycles. The number of anilines is 1. The van der Waals surface area contributed by atoms with Crippen molar-refractivity contribution in [3.05, 3.63) is 33.9 Å². The first kappa shape index (κ1) is 16.9. The normalized spacial score (nSPS) is 15.3. The van der Waals surface area contributed by atoms with Crippen LogP contribution in [0.25, 0.3) is 0 Å². The molecule has 2 rings (SSSR count). The quantitative estimate of drug-likeness (QED) is 0.660. The molecule has 23 heavy (non-hydrogen) atoms. The van der Waals surface area contributed by atoms with Gasteiger partial charge in [-0.15, -0.1) is 0 Å². The van der Waals surface area contributed by atoms with E-state index in [4.69, 9.17) is 0 Å². The van der Waals surface area contributed by atoms with E-state index >= 15 is 0 Å². The van der Waals surface area contributed by atoms with Crippen LogP contribution in [0.5, 0.6) is 0 Å². The summed E-state index contributed by atoms with van der Waals surface area (Å²) in [5.41, 5.74) is 0.776. The summed E-state index contributed by atoms with van der Waals surface area (Å²) in [6, 6.07) is 4.67. The molecule has 0 aromatic heterocycles. The Bertz CT molecular complexity index is 624. The molecule has 0 spiro atoms. The van der Waals surface area contributed by atoms with Gasteiger partial charge in [0.2, 0.25) is 11.8 Å². The molecule has 1 aromatic rings. The third-order valence-electron chi connectivity index (χ3n) is 3.90. The molecular formula is C15H20N4O4. The van der Waals surface area contributed by atoms with Crippen LogP contribution >= 0.6 is 0 Å². The third-order valence-corrected chi connectivity index (χ3v) is 3.90. The number of aryl methyl sites for hydroxylation is 1.